The lowest BCUT2D eigenvalue weighted by atomic mass is 9.96. The fourth-order valence-electron chi connectivity index (χ4n) is 2.99. The lowest BCUT2D eigenvalue weighted by molar-refractivity contribution is 0.0210. The molecule has 18 heavy (non-hydrogen) atoms. The molecule has 1 N–H and O–H groups in total. The lowest BCUT2D eigenvalue weighted by Gasteiger charge is -2.45. The Bertz CT molecular complexity index is 215. The highest BCUT2D eigenvalue weighted by molar-refractivity contribution is 4.90. The molecule has 1 rings (SSSR count). The molecule has 3 atom stereocenters. The number of hydrogen-bond acceptors (Lipinski definition) is 3. The third-order valence-electron chi connectivity index (χ3n) is 4.22. The average Bonchev–Trinajstić information content (AvgIpc) is 2.37. The number of nitrogens with one attached hydrogen (secondary N) is 1. The van der Waals surface area contributed by atoms with E-state index in [0.29, 0.717) is 24.0 Å². The minimum Gasteiger partial charge on any atom is -0.383 e. The first kappa shape index (κ1) is 15.9. The van der Waals surface area contributed by atoms with Gasteiger partial charge in [0, 0.05) is 38.3 Å². The van der Waals surface area contributed by atoms with Gasteiger partial charge in [-0.1, -0.05) is 34.1 Å². The zero-order chi connectivity index (χ0) is 13.5. The van der Waals surface area contributed by atoms with Gasteiger partial charge in [-0.3, -0.25) is 4.90 Å². The first-order chi connectivity index (χ1) is 8.63. The Kier molecular flexibility index (Phi) is 7.20. The molecule has 0 aliphatic carbocycles. The fourth-order valence-corrected chi connectivity index (χ4v) is 2.99. The SMILES string of the molecule is CCCC(COC)N1CC(C(C)C)NCC1CC. The van der Waals surface area contributed by atoms with Crippen LogP contribution in [0.25, 0.3) is 0 Å². The summed E-state index contributed by atoms with van der Waals surface area (Å²) in [5.41, 5.74) is 0. The Morgan fingerprint density at radius 3 is 2.56 bits per heavy atom. The maximum absolute atomic E-state index is 5.44. The summed E-state index contributed by atoms with van der Waals surface area (Å²) < 4.78 is 5.44. The molecule has 1 heterocycles. The van der Waals surface area contributed by atoms with Crippen molar-refractivity contribution >= 4 is 0 Å². The summed E-state index contributed by atoms with van der Waals surface area (Å²) in [7, 11) is 1.83. The lowest BCUT2D eigenvalue weighted by Crippen LogP contribution is -2.61. The third-order valence-corrected chi connectivity index (χ3v) is 4.22. The van der Waals surface area contributed by atoms with Gasteiger partial charge in [-0.25, -0.2) is 0 Å². The molecule has 3 unspecified atom stereocenters. The van der Waals surface area contributed by atoms with Crippen molar-refractivity contribution in [3.05, 3.63) is 0 Å². The Balaban J connectivity index is 2.69. The Labute approximate surface area is 113 Å². The third kappa shape index (κ3) is 4.22. The summed E-state index contributed by atoms with van der Waals surface area (Å²) in [4.78, 5) is 2.70. The van der Waals surface area contributed by atoms with Crippen molar-refractivity contribution in [2.24, 2.45) is 5.92 Å². The molecule has 0 bridgehead atoms. The number of nitrogens with zero attached hydrogens (tertiary/aromatic N) is 1. The van der Waals surface area contributed by atoms with Gasteiger partial charge in [-0.05, 0) is 18.8 Å². The molecule has 1 aliphatic heterocycles. The van der Waals surface area contributed by atoms with Crippen molar-refractivity contribution in [2.45, 2.75) is 65.1 Å². The molecule has 0 aromatic carbocycles. The highest BCUT2D eigenvalue weighted by Gasteiger charge is 2.32. The highest BCUT2D eigenvalue weighted by Crippen LogP contribution is 2.20. The average molecular weight is 256 g/mol. The summed E-state index contributed by atoms with van der Waals surface area (Å²) >= 11 is 0. The molecule has 1 aliphatic rings. The van der Waals surface area contributed by atoms with Crippen molar-refractivity contribution in [2.75, 3.05) is 26.8 Å². The molecule has 1 saturated heterocycles. The van der Waals surface area contributed by atoms with Crippen LogP contribution in [0.3, 0.4) is 0 Å². The number of hydrogen-bond donors (Lipinski definition) is 1. The monoisotopic (exact) mass is 256 g/mol. The van der Waals surface area contributed by atoms with E-state index in [0.717, 1.165) is 13.2 Å². The molecule has 0 radical (unpaired) electrons. The predicted molar refractivity (Wildman–Crippen MR) is 78.0 cm³/mol. The van der Waals surface area contributed by atoms with Gasteiger partial charge in [0.25, 0.3) is 0 Å². The normalized spacial score (nSPS) is 27.7. The Morgan fingerprint density at radius 2 is 2.06 bits per heavy atom. The summed E-state index contributed by atoms with van der Waals surface area (Å²) in [6.45, 7) is 12.4. The van der Waals surface area contributed by atoms with Crippen LogP contribution in [0.1, 0.15) is 47.0 Å². The van der Waals surface area contributed by atoms with E-state index in [1.165, 1.54) is 25.8 Å². The first-order valence-corrected chi connectivity index (χ1v) is 7.62. The largest absolute Gasteiger partial charge is 0.383 e. The molecule has 3 nitrogen and oxygen atoms in total. The molecule has 0 saturated carbocycles. The van der Waals surface area contributed by atoms with Crippen LogP contribution in [0.4, 0.5) is 0 Å². The second kappa shape index (κ2) is 8.13. The zero-order valence-electron chi connectivity index (χ0n) is 12.9. The van der Waals surface area contributed by atoms with Crippen molar-refractivity contribution < 1.29 is 4.74 Å². The molecule has 108 valence electrons. The molecular formula is C15H32N2O. The van der Waals surface area contributed by atoms with E-state index < -0.39 is 0 Å². The van der Waals surface area contributed by atoms with E-state index in [2.05, 4.69) is 37.9 Å². The second-order valence-electron chi connectivity index (χ2n) is 5.92. The van der Waals surface area contributed by atoms with E-state index in [1.54, 1.807) is 0 Å². The van der Waals surface area contributed by atoms with E-state index in [4.69, 9.17) is 4.74 Å². The van der Waals surface area contributed by atoms with Crippen molar-refractivity contribution in [1.29, 1.82) is 0 Å². The number of rotatable bonds is 7. The molecule has 0 aromatic rings. The summed E-state index contributed by atoms with van der Waals surface area (Å²) in [6, 6.07) is 1.89. The molecule has 1 fully saturated rings. The number of piperazine rings is 1. The summed E-state index contributed by atoms with van der Waals surface area (Å²) in [5.74, 6) is 0.704. The molecular weight excluding hydrogens is 224 g/mol. The van der Waals surface area contributed by atoms with Gasteiger partial charge in [0.1, 0.15) is 0 Å². The van der Waals surface area contributed by atoms with Gasteiger partial charge in [-0.2, -0.15) is 0 Å². The molecule has 3 heteroatoms. The van der Waals surface area contributed by atoms with Crippen molar-refractivity contribution in [1.82, 2.24) is 10.2 Å². The van der Waals surface area contributed by atoms with Crippen LogP contribution in [-0.4, -0.2) is 49.8 Å². The Hall–Kier alpha value is -0.120. The Morgan fingerprint density at radius 1 is 1.33 bits per heavy atom. The predicted octanol–water partition coefficient (Wildman–Crippen LogP) is 2.51. The minimum atomic E-state index is 0.591. The fraction of sp³-hybridized carbons (Fsp3) is 1.00. The smallest absolute Gasteiger partial charge is 0.0618 e. The van der Waals surface area contributed by atoms with Crippen LogP contribution in [0.5, 0.6) is 0 Å². The van der Waals surface area contributed by atoms with Gasteiger partial charge in [0.2, 0.25) is 0 Å². The number of ether oxygens (including phenoxy) is 1. The van der Waals surface area contributed by atoms with Gasteiger partial charge < -0.3 is 10.1 Å². The molecule has 0 amide bonds. The maximum atomic E-state index is 5.44. The van der Waals surface area contributed by atoms with E-state index in [-0.39, 0.29) is 0 Å². The maximum Gasteiger partial charge on any atom is 0.0618 e. The highest BCUT2D eigenvalue weighted by atomic mass is 16.5. The quantitative estimate of drug-likeness (QED) is 0.757. The number of methoxy groups -OCH3 is 1. The van der Waals surface area contributed by atoms with Crippen LogP contribution in [-0.2, 0) is 4.74 Å². The first-order valence-electron chi connectivity index (χ1n) is 7.62. The van der Waals surface area contributed by atoms with Gasteiger partial charge >= 0.3 is 0 Å². The summed E-state index contributed by atoms with van der Waals surface area (Å²) in [5, 5.41) is 3.71. The van der Waals surface area contributed by atoms with Gasteiger partial charge in [0.05, 0.1) is 6.61 Å². The standard InChI is InChI=1S/C15H32N2O/c1-6-8-14(11-18-5)17-10-15(12(3)4)16-9-13(17)7-2/h12-16H,6-11H2,1-5H3. The second-order valence-corrected chi connectivity index (χ2v) is 5.92. The van der Waals surface area contributed by atoms with Crippen LogP contribution in [0.15, 0.2) is 0 Å². The van der Waals surface area contributed by atoms with Crippen LogP contribution >= 0.6 is 0 Å². The van der Waals surface area contributed by atoms with Crippen molar-refractivity contribution in [3.8, 4) is 0 Å². The molecule has 0 spiro atoms. The van der Waals surface area contributed by atoms with E-state index in [9.17, 15) is 0 Å². The topological polar surface area (TPSA) is 24.5 Å². The zero-order valence-corrected chi connectivity index (χ0v) is 12.9. The van der Waals surface area contributed by atoms with Crippen LogP contribution in [0, 0.1) is 5.92 Å². The van der Waals surface area contributed by atoms with Gasteiger partial charge in [0.15, 0.2) is 0 Å². The molecule has 0 aromatic heterocycles. The van der Waals surface area contributed by atoms with E-state index >= 15 is 0 Å². The van der Waals surface area contributed by atoms with E-state index in [1.807, 2.05) is 7.11 Å². The van der Waals surface area contributed by atoms with Crippen LogP contribution in [0.2, 0.25) is 0 Å². The van der Waals surface area contributed by atoms with Crippen LogP contribution < -0.4 is 5.32 Å². The van der Waals surface area contributed by atoms with Crippen molar-refractivity contribution in [3.63, 3.8) is 0 Å². The minimum absolute atomic E-state index is 0.591. The summed E-state index contributed by atoms with van der Waals surface area (Å²) in [6.07, 6.45) is 3.71. The van der Waals surface area contributed by atoms with Gasteiger partial charge in [-0.15, -0.1) is 0 Å².